The van der Waals surface area contributed by atoms with Gasteiger partial charge in [-0.3, -0.25) is 4.79 Å². The van der Waals surface area contributed by atoms with Crippen LogP contribution in [0.25, 0.3) is 0 Å². The van der Waals surface area contributed by atoms with Crippen LogP contribution < -0.4 is 0 Å². The lowest BCUT2D eigenvalue weighted by Crippen LogP contribution is -2.06. The molecule has 1 nitrogen and oxygen atoms in total. The summed E-state index contributed by atoms with van der Waals surface area (Å²) in [4.78, 5) is 10.6. The summed E-state index contributed by atoms with van der Waals surface area (Å²) in [5, 5.41) is -0.407. The van der Waals surface area contributed by atoms with Crippen LogP contribution in [0.5, 0.6) is 0 Å². The van der Waals surface area contributed by atoms with Crippen LogP contribution in [-0.4, -0.2) is 5.24 Å². The average Bonchev–Trinajstić information content (AvgIpc) is 2.24. The largest absolute Gasteiger partial charge is 0.276 e. The molecule has 0 fully saturated rings. The second kappa shape index (κ2) is 9.38. The predicted molar refractivity (Wildman–Crippen MR) is 80.8 cm³/mol. The molecule has 104 valence electrons. The molecule has 0 aliphatic heterocycles. The summed E-state index contributed by atoms with van der Waals surface area (Å²) in [5.41, 5.74) is 0.915. The SMILES string of the molecule is CC(/C=C/CC(C)CCC(C)C(C)C)=C\C(=O)Cl. The van der Waals surface area contributed by atoms with E-state index in [1.54, 1.807) is 0 Å². The molecule has 2 atom stereocenters. The maximum Gasteiger partial charge on any atom is 0.245 e. The molecule has 0 aromatic carbocycles. The van der Waals surface area contributed by atoms with Crippen LogP contribution in [0.3, 0.4) is 0 Å². The van der Waals surface area contributed by atoms with Crippen molar-refractivity contribution in [1.29, 1.82) is 0 Å². The highest BCUT2D eigenvalue weighted by Crippen LogP contribution is 2.21. The molecule has 0 bridgehead atoms. The summed E-state index contributed by atoms with van der Waals surface area (Å²) in [6.07, 6.45) is 9.18. The minimum atomic E-state index is -0.407. The normalized spacial score (nSPS) is 16.3. The zero-order valence-corrected chi connectivity index (χ0v) is 13.1. The van der Waals surface area contributed by atoms with Crippen molar-refractivity contribution >= 4 is 16.8 Å². The Morgan fingerprint density at radius 1 is 1.17 bits per heavy atom. The molecule has 0 saturated heterocycles. The van der Waals surface area contributed by atoms with Gasteiger partial charge >= 0.3 is 0 Å². The molecule has 0 aliphatic rings. The second-order valence-corrected chi connectivity index (χ2v) is 6.11. The van der Waals surface area contributed by atoms with Crippen LogP contribution in [0.4, 0.5) is 0 Å². The minimum absolute atomic E-state index is 0.407. The van der Waals surface area contributed by atoms with Gasteiger partial charge in [-0.25, -0.2) is 0 Å². The number of carbonyl (C=O) groups is 1. The summed E-state index contributed by atoms with van der Waals surface area (Å²) in [5.74, 6) is 2.27. The molecule has 0 aliphatic carbocycles. The van der Waals surface area contributed by atoms with E-state index in [4.69, 9.17) is 11.6 Å². The van der Waals surface area contributed by atoms with E-state index >= 15 is 0 Å². The van der Waals surface area contributed by atoms with Crippen molar-refractivity contribution in [3.63, 3.8) is 0 Å². The van der Waals surface area contributed by atoms with Gasteiger partial charge in [0, 0.05) is 6.08 Å². The lowest BCUT2D eigenvalue weighted by Gasteiger charge is -2.17. The molecular weight excluding hydrogens is 244 g/mol. The summed E-state index contributed by atoms with van der Waals surface area (Å²) in [7, 11) is 0. The first kappa shape index (κ1) is 17.4. The Kier molecular flexibility index (Phi) is 9.09. The predicted octanol–water partition coefficient (Wildman–Crippen LogP) is 5.35. The molecule has 0 amide bonds. The van der Waals surface area contributed by atoms with Gasteiger partial charge in [-0.2, -0.15) is 0 Å². The highest BCUT2D eigenvalue weighted by molar-refractivity contribution is 6.66. The first-order valence-corrected chi connectivity index (χ1v) is 7.25. The molecule has 0 spiro atoms. The fourth-order valence-corrected chi connectivity index (χ4v) is 1.88. The van der Waals surface area contributed by atoms with E-state index in [1.165, 1.54) is 18.9 Å². The summed E-state index contributed by atoms with van der Waals surface area (Å²) < 4.78 is 0. The number of halogens is 1. The third-order valence-corrected chi connectivity index (χ3v) is 3.62. The summed E-state index contributed by atoms with van der Waals surface area (Å²) >= 11 is 5.28. The molecule has 2 heteroatoms. The maximum atomic E-state index is 10.6. The summed E-state index contributed by atoms with van der Waals surface area (Å²) in [6.45, 7) is 11.1. The fraction of sp³-hybridized carbons (Fsp3) is 0.688. The van der Waals surface area contributed by atoms with Gasteiger partial charge in [-0.05, 0) is 48.3 Å². The lowest BCUT2D eigenvalue weighted by molar-refractivity contribution is -0.107. The van der Waals surface area contributed by atoms with E-state index in [0.29, 0.717) is 5.92 Å². The van der Waals surface area contributed by atoms with Crippen LogP contribution in [-0.2, 0) is 4.79 Å². The van der Waals surface area contributed by atoms with Gasteiger partial charge in [0.15, 0.2) is 0 Å². The molecule has 2 unspecified atom stereocenters. The molecule has 0 saturated carbocycles. The van der Waals surface area contributed by atoms with Crippen LogP contribution in [0.1, 0.15) is 53.9 Å². The van der Waals surface area contributed by atoms with E-state index in [1.807, 2.05) is 13.0 Å². The van der Waals surface area contributed by atoms with Crippen molar-refractivity contribution in [2.45, 2.75) is 53.9 Å². The van der Waals surface area contributed by atoms with Crippen LogP contribution in [0.15, 0.2) is 23.8 Å². The molecule has 0 rings (SSSR count). The Morgan fingerprint density at radius 2 is 1.78 bits per heavy atom. The van der Waals surface area contributed by atoms with Crippen LogP contribution >= 0.6 is 11.6 Å². The number of carbonyl (C=O) groups excluding carboxylic acids is 1. The van der Waals surface area contributed by atoms with E-state index in [-0.39, 0.29) is 0 Å². The minimum Gasteiger partial charge on any atom is -0.276 e. The van der Waals surface area contributed by atoms with E-state index < -0.39 is 5.24 Å². The van der Waals surface area contributed by atoms with Crippen molar-refractivity contribution in [3.05, 3.63) is 23.8 Å². The molecule has 0 heterocycles. The number of hydrogen-bond acceptors (Lipinski definition) is 1. The zero-order chi connectivity index (χ0) is 14.1. The first-order valence-electron chi connectivity index (χ1n) is 6.87. The lowest BCUT2D eigenvalue weighted by atomic mass is 9.89. The maximum absolute atomic E-state index is 10.6. The highest BCUT2D eigenvalue weighted by atomic mass is 35.5. The Morgan fingerprint density at radius 3 is 2.28 bits per heavy atom. The number of allylic oxidation sites excluding steroid dienone is 4. The Balaban J connectivity index is 3.93. The van der Waals surface area contributed by atoms with Gasteiger partial charge in [-0.1, -0.05) is 52.7 Å². The fourth-order valence-electron chi connectivity index (χ4n) is 1.71. The van der Waals surface area contributed by atoms with Gasteiger partial charge in [0.25, 0.3) is 0 Å². The van der Waals surface area contributed by atoms with Crippen molar-refractivity contribution in [1.82, 2.24) is 0 Å². The van der Waals surface area contributed by atoms with Crippen molar-refractivity contribution < 1.29 is 4.79 Å². The Hall–Kier alpha value is -0.560. The van der Waals surface area contributed by atoms with Gasteiger partial charge in [0.1, 0.15) is 0 Å². The quantitative estimate of drug-likeness (QED) is 0.330. The molecule has 0 aromatic heterocycles. The Labute approximate surface area is 117 Å². The monoisotopic (exact) mass is 270 g/mol. The van der Waals surface area contributed by atoms with Gasteiger partial charge < -0.3 is 0 Å². The molecule has 18 heavy (non-hydrogen) atoms. The van der Waals surface area contributed by atoms with Crippen molar-refractivity contribution in [2.75, 3.05) is 0 Å². The van der Waals surface area contributed by atoms with E-state index in [0.717, 1.165) is 23.8 Å². The standard InChI is InChI=1S/C16H27ClO/c1-12(2)15(5)10-9-13(3)7-6-8-14(4)11-16(17)18/h6,8,11-13,15H,7,9-10H2,1-5H3/b8-6+,14-11+. The highest BCUT2D eigenvalue weighted by Gasteiger charge is 2.08. The van der Waals surface area contributed by atoms with Gasteiger partial charge in [0.2, 0.25) is 5.24 Å². The number of rotatable bonds is 8. The second-order valence-electron chi connectivity index (χ2n) is 5.73. The van der Waals surface area contributed by atoms with Crippen LogP contribution in [0.2, 0.25) is 0 Å². The zero-order valence-electron chi connectivity index (χ0n) is 12.4. The molecular formula is C16H27ClO. The Bertz CT molecular complexity index is 302. The van der Waals surface area contributed by atoms with Gasteiger partial charge in [-0.15, -0.1) is 0 Å². The third kappa shape index (κ3) is 9.47. The molecule has 0 radical (unpaired) electrons. The smallest absolute Gasteiger partial charge is 0.245 e. The first-order chi connectivity index (χ1) is 8.32. The molecule has 0 aromatic rings. The van der Waals surface area contributed by atoms with Crippen molar-refractivity contribution in [3.8, 4) is 0 Å². The third-order valence-electron chi connectivity index (χ3n) is 3.51. The van der Waals surface area contributed by atoms with E-state index in [2.05, 4.69) is 33.8 Å². The van der Waals surface area contributed by atoms with Crippen molar-refractivity contribution in [2.24, 2.45) is 17.8 Å². The number of hydrogen-bond donors (Lipinski definition) is 0. The summed E-state index contributed by atoms with van der Waals surface area (Å²) in [6, 6.07) is 0. The van der Waals surface area contributed by atoms with Gasteiger partial charge in [0.05, 0.1) is 0 Å². The van der Waals surface area contributed by atoms with Crippen LogP contribution in [0, 0.1) is 17.8 Å². The van der Waals surface area contributed by atoms with E-state index in [9.17, 15) is 4.79 Å². The average molecular weight is 271 g/mol. The molecule has 0 N–H and O–H groups in total. The topological polar surface area (TPSA) is 17.1 Å².